The molecule has 0 aromatic heterocycles. The number of ketones is 2. The third-order valence-electron chi connectivity index (χ3n) is 4.65. The van der Waals surface area contributed by atoms with Gasteiger partial charge in [0.1, 0.15) is 0 Å². The second-order valence-corrected chi connectivity index (χ2v) is 6.42. The Morgan fingerprint density at radius 1 is 0.793 bits per heavy atom. The molecule has 3 aromatic rings. The van der Waals surface area contributed by atoms with Crippen molar-refractivity contribution in [3.63, 3.8) is 0 Å². The summed E-state index contributed by atoms with van der Waals surface area (Å²) in [5.74, 6) is -0.0491. The van der Waals surface area contributed by atoms with E-state index in [1.165, 1.54) is 7.11 Å². The van der Waals surface area contributed by atoms with Crippen LogP contribution in [-0.4, -0.2) is 31.2 Å². The van der Waals surface area contributed by atoms with Crippen LogP contribution in [-0.2, 0) is 4.79 Å². The van der Waals surface area contributed by atoms with Crippen molar-refractivity contribution in [2.75, 3.05) is 19.0 Å². The third kappa shape index (κ3) is 3.36. The predicted molar refractivity (Wildman–Crippen MR) is 107 cm³/mol. The van der Waals surface area contributed by atoms with Gasteiger partial charge in [0, 0.05) is 16.7 Å². The van der Waals surface area contributed by atoms with Crippen LogP contribution in [0.5, 0.6) is 11.5 Å². The highest BCUT2D eigenvalue weighted by Crippen LogP contribution is 2.32. The summed E-state index contributed by atoms with van der Waals surface area (Å²) in [6, 6.07) is 18.5. The van der Waals surface area contributed by atoms with Crippen LogP contribution >= 0.6 is 0 Å². The Balaban J connectivity index is 1.57. The fourth-order valence-corrected chi connectivity index (χ4v) is 3.32. The quantitative estimate of drug-likeness (QED) is 0.567. The summed E-state index contributed by atoms with van der Waals surface area (Å²) >= 11 is 0. The molecular weight excluding hydrogens is 370 g/mol. The smallest absolute Gasteiger partial charge is 0.262 e. The van der Waals surface area contributed by atoms with Crippen LogP contribution in [0.25, 0.3) is 0 Å². The number of rotatable bonds is 5. The van der Waals surface area contributed by atoms with E-state index in [1.807, 2.05) is 0 Å². The molecule has 144 valence electrons. The van der Waals surface area contributed by atoms with E-state index in [1.54, 1.807) is 66.7 Å². The molecule has 1 N–H and O–H groups in total. The van der Waals surface area contributed by atoms with Gasteiger partial charge in [-0.25, -0.2) is 0 Å². The molecule has 6 heteroatoms. The molecule has 0 saturated heterocycles. The summed E-state index contributed by atoms with van der Waals surface area (Å²) < 4.78 is 10.7. The zero-order valence-corrected chi connectivity index (χ0v) is 15.6. The Labute approximate surface area is 167 Å². The molecule has 3 aromatic carbocycles. The van der Waals surface area contributed by atoms with Crippen molar-refractivity contribution in [2.24, 2.45) is 0 Å². The Morgan fingerprint density at radius 2 is 1.41 bits per heavy atom. The van der Waals surface area contributed by atoms with Crippen molar-refractivity contribution < 1.29 is 23.9 Å². The van der Waals surface area contributed by atoms with Crippen LogP contribution < -0.4 is 14.8 Å². The number of fused-ring (bicyclic) bond motifs is 2. The molecule has 0 spiro atoms. The number of benzene rings is 3. The van der Waals surface area contributed by atoms with Gasteiger partial charge in [-0.1, -0.05) is 48.5 Å². The van der Waals surface area contributed by atoms with E-state index in [2.05, 4.69) is 5.32 Å². The molecule has 1 amide bonds. The van der Waals surface area contributed by atoms with Gasteiger partial charge in [-0.2, -0.15) is 0 Å². The molecule has 0 heterocycles. The predicted octanol–water partition coefficient (Wildman–Crippen LogP) is 3.49. The second-order valence-electron chi connectivity index (χ2n) is 6.42. The summed E-state index contributed by atoms with van der Waals surface area (Å²) in [5, 5.41) is 2.68. The average molecular weight is 387 g/mol. The molecule has 0 unspecified atom stereocenters. The van der Waals surface area contributed by atoms with E-state index >= 15 is 0 Å². The number of ether oxygens (including phenoxy) is 2. The van der Waals surface area contributed by atoms with Gasteiger partial charge in [-0.15, -0.1) is 0 Å². The molecule has 0 saturated carbocycles. The van der Waals surface area contributed by atoms with Crippen LogP contribution in [0.2, 0.25) is 0 Å². The maximum absolute atomic E-state index is 13.0. The molecule has 0 fully saturated rings. The van der Waals surface area contributed by atoms with Gasteiger partial charge in [0.2, 0.25) is 0 Å². The van der Waals surface area contributed by atoms with Crippen LogP contribution in [0, 0.1) is 0 Å². The lowest BCUT2D eigenvalue weighted by atomic mass is 9.83. The fourth-order valence-electron chi connectivity index (χ4n) is 3.32. The first-order chi connectivity index (χ1) is 14.1. The first kappa shape index (κ1) is 18.4. The molecule has 0 bridgehead atoms. The van der Waals surface area contributed by atoms with Crippen LogP contribution in [0.1, 0.15) is 31.8 Å². The number of nitrogens with one attached hydrogen (secondary N) is 1. The highest BCUT2D eigenvalue weighted by molar-refractivity contribution is 6.30. The molecule has 0 radical (unpaired) electrons. The highest BCUT2D eigenvalue weighted by atomic mass is 16.5. The molecule has 1 aliphatic carbocycles. The minimum absolute atomic E-state index is 0.196. The van der Waals surface area contributed by atoms with Crippen molar-refractivity contribution >= 4 is 23.2 Å². The zero-order chi connectivity index (χ0) is 20.4. The third-order valence-corrected chi connectivity index (χ3v) is 4.65. The van der Waals surface area contributed by atoms with Gasteiger partial charge >= 0.3 is 0 Å². The van der Waals surface area contributed by atoms with Crippen molar-refractivity contribution in [1.82, 2.24) is 0 Å². The summed E-state index contributed by atoms with van der Waals surface area (Å²) in [6.45, 7) is -0.275. The van der Waals surface area contributed by atoms with Gasteiger partial charge in [-0.3, -0.25) is 14.4 Å². The van der Waals surface area contributed by atoms with Crippen molar-refractivity contribution in [2.45, 2.75) is 0 Å². The summed E-state index contributed by atoms with van der Waals surface area (Å²) in [7, 11) is 1.51. The largest absolute Gasteiger partial charge is 0.493 e. The summed E-state index contributed by atoms with van der Waals surface area (Å²) in [5.41, 5.74) is 1.45. The normalized spacial score (nSPS) is 12.0. The molecule has 4 rings (SSSR count). The SMILES string of the molecule is COc1ccccc1OCC(=O)Nc1cccc2c1C(=O)c1ccccc1C2=O. The van der Waals surface area contributed by atoms with Crippen LogP contribution in [0.15, 0.2) is 66.7 Å². The number of hydrogen-bond acceptors (Lipinski definition) is 5. The topological polar surface area (TPSA) is 81.7 Å². The number of amides is 1. The van der Waals surface area contributed by atoms with E-state index in [0.717, 1.165) is 0 Å². The van der Waals surface area contributed by atoms with Crippen LogP contribution in [0.3, 0.4) is 0 Å². The Hall–Kier alpha value is -3.93. The van der Waals surface area contributed by atoms with Gasteiger partial charge in [0.05, 0.1) is 18.4 Å². The lowest BCUT2D eigenvalue weighted by Crippen LogP contribution is -2.26. The summed E-state index contributed by atoms with van der Waals surface area (Å²) in [6.07, 6.45) is 0. The molecule has 29 heavy (non-hydrogen) atoms. The Morgan fingerprint density at radius 3 is 2.14 bits per heavy atom. The number of anilines is 1. The molecule has 0 aliphatic heterocycles. The standard InChI is InChI=1S/C23H17NO5/c1-28-18-11-4-5-12-19(18)29-13-20(25)24-17-10-6-9-16-21(17)23(27)15-8-3-2-7-14(15)22(16)26/h2-12H,13H2,1H3,(H,24,25). The highest BCUT2D eigenvalue weighted by Gasteiger charge is 2.31. The molecule has 6 nitrogen and oxygen atoms in total. The van der Waals surface area contributed by atoms with E-state index in [0.29, 0.717) is 22.6 Å². The second kappa shape index (κ2) is 7.59. The van der Waals surface area contributed by atoms with Crippen molar-refractivity contribution in [1.29, 1.82) is 0 Å². The van der Waals surface area contributed by atoms with E-state index in [-0.39, 0.29) is 35.0 Å². The van der Waals surface area contributed by atoms with Crippen molar-refractivity contribution in [3.05, 3.63) is 89.0 Å². The average Bonchev–Trinajstić information content (AvgIpc) is 2.76. The maximum atomic E-state index is 13.0. The van der Waals surface area contributed by atoms with E-state index < -0.39 is 5.91 Å². The van der Waals surface area contributed by atoms with Gasteiger partial charge < -0.3 is 14.8 Å². The molecule has 1 aliphatic rings. The zero-order valence-electron chi connectivity index (χ0n) is 15.6. The lowest BCUT2D eigenvalue weighted by Gasteiger charge is -2.20. The van der Waals surface area contributed by atoms with Gasteiger partial charge in [0.15, 0.2) is 29.7 Å². The number of methoxy groups -OCH3 is 1. The van der Waals surface area contributed by atoms with E-state index in [4.69, 9.17) is 9.47 Å². The summed E-state index contributed by atoms with van der Waals surface area (Å²) in [4.78, 5) is 38.2. The number of carbonyl (C=O) groups is 3. The fraction of sp³-hybridized carbons (Fsp3) is 0.0870. The van der Waals surface area contributed by atoms with E-state index in [9.17, 15) is 14.4 Å². The molecular formula is C23H17NO5. The first-order valence-corrected chi connectivity index (χ1v) is 8.97. The number of para-hydroxylation sites is 2. The molecule has 0 atom stereocenters. The number of hydrogen-bond donors (Lipinski definition) is 1. The maximum Gasteiger partial charge on any atom is 0.262 e. The van der Waals surface area contributed by atoms with Crippen molar-refractivity contribution in [3.8, 4) is 11.5 Å². The van der Waals surface area contributed by atoms with Crippen LogP contribution in [0.4, 0.5) is 5.69 Å². The van der Waals surface area contributed by atoms with Gasteiger partial charge in [-0.05, 0) is 18.2 Å². The minimum Gasteiger partial charge on any atom is -0.493 e. The Kier molecular flexibility index (Phi) is 4.83. The Bertz CT molecular complexity index is 1140. The lowest BCUT2D eigenvalue weighted by molar-refractivity contribution is -0.118. The monoisotopic (exact) mass is 387 g/mol. The first-order valence-electron chi connectivity index (χ1n) is 8.97. The number of carbonyl (C=O) groups excluding carboxylic acids is 3. The minimum atomic E-state index is -0.455. The van der Waals surface area contributed by atoms with Gasteiger partial charge in [0.25, 0.3) is 5.91 Å².